The molecule has 4 heteroatoms. The lowest BCUT2D eigenvalue weighted by atomic mass is 9.96. The van der Waals surface area contributed by atoms with E-state index in [0.717, 1.165) is 32.7 Å². The molecule has 0 aromatic heterocycles. The molecule has 1 rings (SSSR count). The smallest absolute Gasteiger partial charge is 0.225 e. The molecule has 1 amide bonds. The molecule has 1 heterocycles. The zero-order valence-corrected chi connectivity index (χ0v) is 10.6. The molecule has 0 aromatic carbocycles. The molecular weight excluding hydrogens is 204 g/mol. The normalized spacial score (nSPS) is 21.1. The van der Waals surface area contributed by atoms with Gasteiger partial charge in [0.1, 0.15) is 0 Å². The van der Waals surface area contributed by atoms with Gasteiger partial charge < -0.3 is 15.4 Å². The first kappa shape index (κ1) is 13.5. The summed E-state index contributed by atoms with van der Waals surface area (Å²) in [7, 11) is 0. The van der Waals surface area contributed by atoms with Crippen molar-refractivity contribution >= 4 is 5.91 Å². The largest absolute Gasteiger partial charge is 0.381 e. The van der Waals surface area contributed by atoms with Crippen LogP contribution in [0.1, 0.15) is 27.2 Å². The van der Waals surface area contributed by atoms with Crippen molar-refractivity contribution in [3.05, 3.63) is 0 Å². The van der Waals surface area contributed by atoms with Gasteiger partial charge in [0.2, 0.25) is 5.91 Å². The molecule has 2 N–H and O–H groups in total. The summed E-state index contributed by atoms with van der Waals surface area (Å²) in [4.78, 5) is 11.5. The minimum absolute atomic E-state index is 0.110. The second-order valence-electron chi connectivity index (χ2n) is 5.44. The van der Waals surface area contributed by atoms with Crippen molar-refractivity contribution in [2.45, 2.75) is 27.2 Å². The second-order valence-corrected chi connectivity index (χ2v) is 5.44. The molecule has 0 spiro atoms. The molecule has 4 nitrogen and oxygen atoms in total. The van der Waals surface area contributed by atoms with Gasteiger partial charge in [-0.2, -0.15) is 0 Å². The van der Waals surface area contributed by atoms with Crippen LogP contribution >= 0.6 is 0 Å². The van der Waals surface area contributed by atoms with Gasteiger partial charge >= 0.3 is 0 Å². The number of hydrogen-bond acceptors (Lipinski definition) is 3. The third kappa shape index (κ3) is 4.94. The molecule has 1 unspecified atom stereocenters. The highest BCUT2D eigenvalue weighted by molar-refractivity contribution is 5.81. The fraction of sp³-hybridized carbons (Fsp3) is 0.917. The molecular formula is C12H24N2O2. The highest BCUT2D eigenvalue weighted by Gasteiger charge is 2.20. The molecule has 16 heavy (non-hydrogen) atoms. The monoisotopic (exact) mass is 228 g/mol. The first-order valence-corrected chi connectivity index (χ1v) is 6.07. The average molecular weight is 228 g/mol. The summed E-state index contributed by atoms with van der Waals surface area (Å²) in [5.41, 5.74) is -0.292. The Morgan fingerprint density at radius 2 is 2.12 bits per heavy atom. The highest BCUT2D eigenvalue weighted by Crippen LogP contribution is 2.12. The number of nitrogens with one attached hydrogen (secondary N) is 2. The number of ether oxygens (including phenoxy) is 1. The van der Waals surface area contributed by atoms with Gasteiger partial charge in [-0.3, -0.25) is 4.79 Å². The lowest BCUT2D eigenvalue weighted by molar-refractivity contribution is -0.128. The quantitative estimate of drug-likeness (QED) is 0.684. The fourth-order valence-corrected chi connectivity index (χ4v) is 1.58. The molecule has 1 aliphatic heterocycles. The molecule has 1 fully saturated rings. The predicted octanol–water partition coefficient (Wildman–Crippen LogP) is 0.775. The Hall–Kier alpha value is -0.610. The summed E-state index contributed by atoms with van der Waals surface area (Å²) in [6, 6.07) is 0. The van der Waals surface area contributed by atoms with Crippen LogP contribution in [0.4, 0.5) is 0 Å². The van der Waals surface area contributed by atoms with Crippen LogP contribution < -0.4 is 10.6 Å². The van der Waals surface area contributed by atoms with E-state index in [1.165, 1.54) is 0 Å². The molecule has 0 bridgehead atoms. The SMILES string of the molecule is CC(C)(C)C(=O)NCCNCC1CCOC1. The Bertz CT molecular complexity index is 218. The maximum atomic E-state index is 11.5. The van der Waals surface area contributed by atoms with E-state index in [1.807, 2.05) is 20.8 Å². The minimum atomic E-state index is -0.292. The van der Waals surface area contributed by atoms with Gasteiger partial charge in [0.05, 0.1) is 6.61 Å². The number of carbonyl (C=O) groups excluding carboxylic acids is 1. The molecule has 94 valence electrons. The number of carbonyl (C=O) groups is 1. The van der Waals surface area contributed by atoms with Gasteiger partial charge in [0.15, 0.2) is 0 Å². The molecule has 1 atom stereocenters. The van der Waals surface area contributed by atoms with Crippen molar-refractivity contribution in [3.8, 4) is 0 Å². The van der Waals surface area contributed by atoms with Gasteiger partial charge in [-0.05, 0) is 12.3 Å². The van der Waals surface area contributed by atoms with Crippen LogP contribution in [0.2, 0.25) is 0 Å². The molecule has 0 radical (unpaired) electrons. The summed E-state index contributed by atoms with van der Waals surface area (Å²) >= 11 is 0. The Kier molecular flexibility index (Phi) is 5.22. The zero-order valence-electron chi connectivity index (χ0n) is 10.6. The summed E-state index contributed by atoms with van der Waals surface area (Å²) in [5.74, 6) is 0.761. The predicted molar refractivity (Wildman–Crippen MR) is 64.3 cm³/mol. The summed E-state index contributed by atoms with van der Waals surface area (Å²) in [5, 5.41) is 6.25. The topological polar surface area (TPSA) is 50.4 Å². The van der Waals surface area contributed by atoms with E-state index in [9.17, 15) is 4.79 Å². The van der Waals surface area contributed by atoms with E-state index < -0.39 is 0 Å². The standard InChI is InChI=1S/C12H24N2O2/c1-12(2,3)11(15)14-6-5-13-8-10-4-7-16-9-10/h10,13H,4-9H2,1-3H3,(H,14,15). The van der Waals surface area contributed by atoms with E-state index >= 15 is 0 Å². The lowest BCUT2D eigenvalue weighted by Crippen LogP contribution is -2.39. The minimum Gasteiger partial charge on any atom is -0.381 e. The maximum Gasteiger partial charge on any atom is 0.225 e. The van der Waals surface area contributed by atoms with Crippen LogP contribution in [0.25, 0.3) is 0 Å². The first-order valence-electron chi connectivity index (χ1n) is 6.07. The number of amides is 1. The molecule has 0 aliphatic carbocycles. The van der Waals surface area contributed by atoms with E-state index in [2.05, 4.69) is 10.6 Å². The summed E-state index contributed by atoms with van der Waals surface area (Å²) in [6.07, 6.45) is 1.15. The van der Waals surface area contributed by atoms with E-state index in [1.54, 1.807) is 0 Å². The Morgan fingerprint density at radius 1 is 1.38 bits per heavy atom. The van der Waals surface area contributed by atoms with Crippen LogP contribution in [-0.2, 0) is 9.53 Å². The second kappa shape index (κ2) is 6.21. The van der Waals surface area contributed by atoms with Crippen molar-refractivity contribution in [2.24, 2.45) is 11.3 Å². The molecule has 0 saturated carbocycles. The van der Waals surface area contributed by atoms with Crippen LogP contribution in [0.3, 0.4) is 0 Å². The first-order chi connectivity index (χ1) is 7.50. The average Bonchev–Trinajstić information content (AvgIpc) is 2.68. The Labute approximate surface area is 98.1 Å². The van der Waals surface area contributed by atoms with Gasteiger partial charge in [-0.25, -0.2) is 0 Å². The van der Waals surface area contributed by atoms with Gasteiger partial charge in [-0.15, -0.1) is 0 Å². The third-order valence-corrected chi connectivity index (χ3v) is 2.73. The van der Waals surface area contributed by atoms with Crippen molar-refractivity contribution in [1.82, 2.24) is 10.6 Å². The van der Waals surface area contributed by atoms with E-state index in [4.69, 9.17) is 4.74 Å². The maximum absolute atomic E-state index is 11.5. The van der Waals surface area contributed by atoms with Crippen molar-refractivity contribution in [2.75, 3.05) is 32.8 Å². The van der Waals surface area contributed by atoms with Gasteiger partial charge in [-0.1, -0.05) is 20.8 Å². The lowest BCUT2D eigenvalue weighted by Gasteiger charge is -2.18. The zero-order chi connectivity index (χ0) is 12.0. The van der Waals surface area contributed by atoms with Crippen molar-refractivity contribution in [3.63, 3.8) is 0 Å². The molecule has 1 aliphatic rings. The van der Waals surface area contributed by atoms with Crippen LogP contribution in [0, 0.1) is 11.3 Å². The Balaban J connectivity index is 1.97. The molecule has 1 saturated heterocycles. The number of hydrogen-bond donors (Lipinski definition) is 2. The molecule has 0 aromatic rings. The van der Waals surface area contributed by atoms with Gasteiger partial charge in [0.25, 0.3) is 0 Å². The fourth-order valence-electron chi connectivity index (χ4n) is 1.58. The highest BCUT2D eigenvalue weighted by atomic mass is 16.5. The third-order valence-electron chi connectivity index (χ3n) is 2.73. The Morgan fingerprint density at radius 3 is 2.69 bits per heavy atom. The van der Waals surface area contributed by atoms with Crippen molar-refractivity contribution in [1.29, 1.82) is 0 Å². The van der Waals surface area contributed by atoms with E-state index in [-0.39, 0.29) is 11.3 Å². The summed E-state index contributed by atoms with van der Waals surface area (Å²) in [6.45, 7) is 10.1. The summed E-state index contributed by atoms with van der Waals surface area (Å²) < 4.78 is 5.29. The van der Waals surface area contributed by atoms with Crippen LogP contribution in [0.15, 0.2) is 0 Å². The van der Waals surface area contributed by atoms with Gasteiger partial charge in [0, 0.05) is 31.7 Å². The van der Waals surface area contributed by atoms with Crippen molar-refractivity contribution < 1.29 is 9.53 Å². The number of rotatable bonds is 5. The van der Waals surface area contributed by atoms with Crippen LogP contribution in [-0.4, -0.2) is 38.8 Å². The van der Waals surface area contributed by atoms with Crippen LogP contribution in [0.5, 0.6) is 0 Å². The van der Waals surface area contributed by atoms with E-state index in [0.29, 0.717) is 12.5 Å².